The van der Waals surface area contributed by atoms with Crippen LogP contribution < -0.4 is 5.32 Å². The summed E-state index contributed by atoms with van der Waals surface area (Å²) in [5.74, 6) is 0. The summed E-state index contributed by atoms with van der Waals surface area (Å²) >= 11 is 1.79. The van der Waals surface area contributed by atoms with E-state index in [4.69, 9.17) is 0 Å². The fourth-order valence-corrected chi connectivity index (χ4v) is 2.50. The lowest BCUT2D eigenvalue weighted by atomic mass is 10.1. The van der Waals surface area contributed by atoms with Crippen molar-refractivity contribution in [3.63, 3.8) is 0 Å². The molecule has 2 rings (SSSR count). The molecule has 0 fully saturated rings. The van der Waals surface area contributed by atoms with E-state index in [-0.39, 0.29) is 5.54 Å². The molecule has 0 aliphatic carbocycles. The van der Waals surface area contributed by atoms with Gasteiger partial charge in [-0.15, -0.1) is 0 Å². The molecule has 2 aromatic carbocycles. The lowest BCUT2D eigenvalue weighted by molar-refractivity contribution is 0.634. The maximum atomic E-state index is 3.46. The third-order valence-corrected chi connectivity index (χ3v) is 3.37. The molecule has 0 amide bonds. The van der Waals surface area contributed by atoms with Gasteiger partial charge in [-0.2, -0.15) is 0 Å². The predicted molar refractivity (Wildman–Crippen MR) is 80.4 cm³/mol. The van der Waals surface area contributed by atoms with E-state index in [1.807, 2.05) is 6.07 Å². The fraction of sp³-hybridized carbons (Fsp3) is 0.250. The van der Waals surface area contributed by atoms with Crippen molar-refractivity contribution in [1.82, 2.24) is 0 Å². The third kappa shape index (κ3) is 4.11. The third-order valence-electron chi connectivity index (χ3n) is 2.35. The van der Waals surface area contributed by atoms with Gasteiger partial charge in [0, 0.05) is 21.0 Å². The van der Waals surface area contributed by atoms with Crippen LogP contribution in [0.1, 0.15) is 20.8 Å². The van der Waals surface area contributed by atoms with Crippen molar-refractivity contribution in [2.75, 3.05) is 5.32 Å². The Morgan fingerprint density at radius 3 is 1.89 bits per heavy atom. The highest BCUT2D eigenvalue weighted by Crippen LogP contribution is 2.28. The predicted octanol–water partition coefficient (Wildman–Crippen LogP) is 5.05. The van der Waals surface area contributed by atoms with Gasteiger partial charge in [0.05, 0.1) is 0 Å². The van der Waals surface area contributed by atoms with Crippen LogP contribution >= 0.6 is 11.8 Å². The smallest absolute Gasteiger partial charge is 0.0344 e. The normalized spacial score (nSPS) is 11.3. The fourth-order valence-electron chi connectivity index (χ4n) is 1.66. The summed E-state index contributed by atoms with van der Waals surface area (Å²) in [4.78, 5) is 2.54. The molecule has 94 valence electrons. The highest BCUT2D eigenvalue weighted by atomic mass is 32.2. The molecule has 18 heavy (non-hydrogen) atoms. The first-order chi connectivity index (χ1) is 8.53. The largest absolute Gasteiger partial charge is 0.380 e. The van der Waals surface area contributed by atoms with Crippen molar-refractivity contribution >= 4 is 17.4 Å². The van der Waals surface area contributed by atoms with E-state index in [2.05, 4.69) is 74.6 Å². The van der Waals surface area contributed by atoms with Gasteiger partial charge < -0.3 is 5.32 Å². The van der Waals surface area contributed by atoms with E-state index in [1.165, 1.54) is 15.5 Å². The topological polar surface area (TPSA) is 12.0 Å². The van der Waals surface area contributed by atoms with Gasteiger partial charge in [-0.1, -0.05) is 30.0 Å². The average Bonchev–Trinajstić information content (AvgIpc) is 2.31. The zero-order valence-corrected chi connectivity index (χ0v) is 11.9. The van der Waals surface area contributed by atoms with Crippen molar-refractivity contribution in [1.29, 1.82) is 0 Å². The first kappa shape index (κ1) is 13.0. The molecule has 0 aliphatic rings. The Kier molecular flexibility index (Phi) is 3.97. The van der Waals surface area contributed by atoms with Crippen LogP contribution in [0.15, 0.2) is 64.4 Å². The van der Waals surface area contributed by atoms with Crippen LogP contribution in [0, 0.1) is 0 Å². The van der Waals surface area contributed by atoms with Crippen LogP contribution in [0.5, 0.6) is 0 Å². The minimum atomic E-state index is 0.105. The second-order valence-corrected chi connectivity index (χ2v) is 6.46. The van der Waals surface area contributed by atoms with Gasteiger partial charge in [-0.3, -0.25) is 0 Å². The van der Waals surface area contributed by atoms with Gasteiger partial charge in [0.15, 0.2) is 0 Å². The van der Waals surface area contributed by atoms with Crippen LogP contribution in [-0.4, -0.2) is 5.54 Å². The van der Waals surface area contributed by atoms with Crippen LogP contribution in [0.2, 0.25) is 0 Å². The van der Waals surface area contributed by atoms with E-state index >= 15 is 0 Å². The number of nitrogens with one attached hydrogen (secondary N) is 1. The standard InChI is InChI=1S/C16H19NS/c1-16(2,3)17-13-9-11-15(12-10-13)18-14-7-5-4-6-8-14/h4-12,17H,1-3H3. The Morgan fingerprint density at radius 1 is 0.778 bits per heavy atom. The van der Waals surface area contributed by atoms with E-state index < -0.39 is 0 Å². The molecule has 1 nitrogen and oxygen atoms in total. The van der Waals surface area contributed by atoms with Crippen molar-refractivity contribution in [3.8, 4) is 0 Å². The summed E-state index contributed by atoms with van der Waals surface area (Å²) in [6.45, 7) is 6.50. The van der Waals surface area contributed by atoms with Gasteiger partial charge in [-0.25, -0.2) is 0 Å². The average molecular weight is 257 g/mol. The highest BCUT2D eigenvalue weighted by Gasteiger charge is 2.08. The molecule has 1 N–H and O–H groups in total. The maximum Gasteiger partial charge on any atom is 0.0344 e. The first-order valence-electron chi connectivity index (χ1n) is 6.14. The Hall–Kier alpha value is -1.41. The molecule has 0 atom stereocenters. The van der Waals surface area contributed by atoms with Gasteiger partial charge in [0.25, 0.3) is 0 Å². The Labute approximate surface area is 114 Å². The molecule has 0 saturated heterocycles. The maximum absolute atomic E-state index is 3.46. The van der Waals surface area contributed by atoms with E-state index in [9.17, 15) is 0 Å². The Morgan fingerprint density at radius 2 is 1.33 bits per heavy atom. The Bertz CT molecular complexity index is 483. The van der Waals surface area contributed by atoms with E-state index in [1.54, 1.807) is 11.8 Å². The molecular weight excluding hydrogens is 238 g/mol. The van der Waals surface area contributed by atoms with Gasteiger partial charge in [-0.05, 0) is 57.2 Å². The molecule has 0 unspecified atom stereocenters. The minimum Gasteiger partial charge on any atom is -0.380 e. The number of rotatable bonds is 3. The van der Waals surface area contributed by atoms with Crippen LogP contribution in [-0.2, 0) is 0 Å². The number of anilines is 1. The lowest BCUT2D eigenvalue weighted by Gasteiger charge is -2.22. The molecule has 2 heteroatoms. The number of benzene rings is 2. The molecule has 0 heterocycles. The molecule has 0 aromatic heterocycles. The van der Waals surface area contributed by atoms with Gasteiger partial charge >= 0.3 is 0 Å². The van der Waals surface area contributed by atoms with Crippen molar-refractivity contribution < 1.29 is 0 Å². The Balaban J connectivity index is 2.04. The molecule has 0 aliphatic heterocycles. The summed E-state index contributed by atoms with van der Waals surface area (Å²) in [6, 6.07) is 19.0. The summed E-state index contributed by atoms with van der Waals surface area (Å²) in [5.41, 5.74) is 1.27. The molecule has 0 saturated carbocycles. The van der Waals surface area contributed by atoms with E-state index in [0.717, 1.165) is 0 Å². The monoisotopic (exact) mass is 257 g/mol. The van der Waals surface area contributed by atoms with Crippen molar-refractivity contribution in [3.05, 3.63) is 54.6 Å². The lowest BCUT2D eigenvalue weighted by Crippen LogP contribution is -2.25. The molecule has 2 aromatic rings. The molecule has 0 bridgehead atoms. The zero-order valence-electron chi connectivity index (χ0n) is 11.1. The summed E-state index contributed by atoms with van der Waals surface area (Å²) in [5, 5.41) is 3.46. The van der Waals surface area contributed by atoms with Crippen molar-refractivity contribution in [2.24, 2.45) is 0 Å². The number of hydrogen-bond acceptors (Lipinski definition) is 2. The van der Waals surface area contributed by atoms with Crippen LogP contribution in [0.25, 0.3) is 0 Å². The first-order valence-corrected chi connectivity index (χ1v) is 6.96. The summed E-state index contributed by atoms with van der Waals surface area (Å²) in [7, 11) is 0. The van der Waals surface area contributed by atoms with Crippen LogP contribution in [0.4, 0.5) is 5.69 Å². The molecule has 0 radical (unpaired) electrons. The van der Waals surface area contributed by atoms with Gasteiger partial charge in [0.1, 0.15) is 0 Å². The summed E-state index contributed by atoms with van der Waals surface area (Å²) in [6.07, 6.45) is 0. The molecule has 0 spiro atoms. The second kappa shape index (κ2) is 5.49. The van der Waals surface area contributed by atoms with Crippen LogP contribution in [0.3, 0.4) is 0 Å². The molecular formula is C16H19NS. The number of hydrogen-bond donors (Lipinski definition) is 1. The minimum absolute atomic E-state index is 0.105. The quantitative estimate of drug-likeness (QED) is 0.826. The summed E-state index contributed by atoms with van der Waals surface area (Å²) < 4.78 is 0. The van der Waals surface area contributed by atoms with Crippen molar-refractivity contribution in [2.45, 2.75) is 36.1 Å². The van der Waals surface area contributed by atoms with E-state index in [0.29, 0.717) is 0 Å². The second-order valence-electron chi connectivity index (χ2n) is 5.31. The zero-order chi connectivity index (χ0) is 13.0. The SMILES string of the molecule is CC(C)(C)Nc1ccc(Sc2ccccc2)cc1. The highest BCUT2D eigenvalue weighted by molar-refractivity contribution is 7.99. The van der Waals surface area contributed by atoms with Gasteiger partial charge in [0.2, 0.25) is 0 Å².